The van der Waals surface area contributed by atoms with Crippen LogP contribution in [0.3, 0.4) is 0 Å². The molecule has 1 N–H and O–H groups in total. The number of rotatable bonds is 7. The van der Waals surface area contributed by atoms with E-state index in [1.165, 1.54) is 4.90 Å². The van der Waals surface area contributed by atoms with Crippen molar-refractivity contribution in [3.63, 3.8) is 0 Å². The van der Waals surface area contributed by atoms with E-state index < -0.39 is 0 Å². The fraction of sp³-hybridized carbons (Fsp3) is 0.316. The van der Waals surface area contributed by atoms with E-state index in [-0.39, 0.29) is 12.0 Å². The molecule has 1 amide bonds. The van der Waals surface area contributed by atoms with E-state index in [1.54, 1.807) is 23.9 Å². The normalized spacial score (nSPS) is 11.8. The van der Waals surface area contributed by atoms with E-state index in [1.807, 2.05) is 37.4 Å². The minimum Gasteiger partial charge on any atom is -0.491 e. The van der Waals surface area contributed by atoms with Crippen molar-refractivity contribution in [1.29, 1.82) is 0 Å². The number of ether oxygens (including phenoxy) is 1. The van der Waals surface area contributed by atoms with Crippen molar-refractivity contribution in [2.75, 3.05) is 6.26 Å². The molecule has 1 atom stereocenters. The first-order valence-corrected chi connectivity index (χ1v) is 9.02. The van der Waals surface area contributed by atoms with Crippen LogP contribution in [0, 0.1) is 0 Å². The smallest absolute Gasteiger partial charge is 0.251 e. The van der Waals surface area contributed by atoms with Gasteiger partial charge in [0.25, 0.3) is 5.91 Å². The third kappa shape index (κ3) is 5.32. The second-order valence-corrected chi connectivity index (χ2v) is 6.27. The second kappa shape index (κ2) is 8.63. The zero-order valence-corrected chi connectivity index (χ0v) is 14.7. The first kappa shape index (κ1) is 17.4. The average molecular weight is 329 g/mol. The number of amides is 1. The van der Waals surface area contributed by atoms with Crippen LogP contribution in [0.2, 0.25) is 0 Å². The highest BCUT2D eigenvalue weighted by Gasteiger charge is 2.07. The summed E-state index contributed by atoms with van der Waals surface area (Å²) < 4.78 is 5.72. The number of carbonyl (C=O) groups is 1. The third-order valence-corrected chi connectivity index (χ3v) is 4.38. The van der Waals surface area contributed by atoms with Crippen LogP contribution in [0.25, 0.3) is 0 Å². The van der Waals surface area contributed by atoms with Gasteiger partial charge < -0.3 is 10.1 Å². The highest BCUT2D eigenvalue weighted by Crippen LogP contribution is 2.16. The fourth-order valence-corrected chi connectivity index (χ4v) is 2.44. The summed E-state index contributed by atoms with van der Waals surface area (Å²) in [5.41, 5.74) is 1.73. The molecular weight excluding hydrogens is 306 g/mol. The molecule has 0 aliphatic rings. The first-order valence-electron chi connectivity index (χ1n) is 7.80. The Morgan fingerprint density at radius 1 is 1.13 bits per heavy atom. The summed E-state index contributed by atoms with van der Waals surface area (Å²) in [6, 6.07) is 15.5. The zero-order chi connectivity index (χ0) is 16.7. The van der Waals surface area contributed by atoms with E-state index >= 15 is 0 Å². The average Bonchev–Trinajstić information content (AvgIpc) is 2.60. The summed E-state index contributed by atoms with van der Waals surface area (Å²) in [5.74, 6) is 0.720. The SMILES string of the molecule is CCC(C)Oc1ccc(C(=O)NCc2ccc(SC)cc2)cc1. The van der Waals surface area contributed by atoms with Crippen LogP contribution >= 0.6 is 11.8 Å². The van der Waals surface area contributed by atoms with E-state index in [9.17, 15) is 4.79 Å². The molecule has 122 valence electrons. The molecule has 0 saturated carbocycles. The Labute approximate surface area is 142 Å². The van der Waals surface area contributed by atoms with Gasteiger partial charge in [0, 0.05) is 17.0 Å². The maximum atomic E-state index is 12.2. The molecule has 0 aliphatic heterocycles. The van der Waals surface area contributed by atoms with Gasteiger partial charge in [0.1, 0.15) is 5.75 Å². The van der Waals surface area contributed by atoms with Gasteiger partial charge in [-0.25, -0.2) is 0 Å². The number of thioether (sulfide) groups is 1. The van der Waals surface area contributed by atoms with Crippen molar-refractivity contribution < 1.29 is 9.53 Å². The van der Waals surface area contributed by atoms with Crippen LogP contribution in [-0.4, -0.2) is 18.3 Å². The summed E-state index contributed by atoms with van der Waals surface area (Å²) in [6.45, 7) is 4.64. The minimum absolute atomic E-state index is 0.0750. The van der Waals surface area contributed by atoms with Gasteiger partial charge >= 0.3 is 0 Å². The van der Waals surface area contributed by atoms with Crippen molar-refractivity contribution in [1.82, 2.24) is 5.32 Å². The van der Waals surface area contributed by atoms with E-state index in [2.05, 4.69) is 24.4 Å². The molecule has 0 saturated heterocycles. The Morgan fingerprint density at radius 2 is 1.78 bits per heavy atom. The van der Waals surface area contributed by atoms with Crippen molar-refractivity contribution in [3.8, 4) is 5.75 Å². The zero-order valence-electron chi connectivity index (χ0n) is 13.8. The molecule has 1 unspecified atom stereocenters. The Balaban J connectivity index is 1.89. The monoisotopic (exact) mass is 329 g/mol. The van der Waals surface area contributed by atoms with Crippen LogP contribution in [0.4, 0.5) is 0 Å². The van der Waals surface area contributed by atoms with E-state index in [0.717, 1.165) is 17.7 Å². The van der Waals surface area contributed by atoms with E-state index in [0.29, 0.717) is 12.1 Å². The van der Waals surface area contributed by atoms with Gasteiger partial charge in [0.2, 0.25) is 0 Å². The molecule has 0 radical (unpaired) electrons. The number of hydrogen-bond donors (Lipinski definition) is 1. The van der Waals surface area contributed by atoms with Crippen molar-refractivity contribution >= 4 is 17.7 Å². The molecule has 0 aromatic heterocycles. The van der Waals surface area contributed by atoms with Crippen LogP contribution in [-0.2, 0) is 6.54 Å². The van der Waals surface area contributed by atoms with Gasteiger partial charge in [0.05, 0.1) is 6.10 Å². The summed E-state index contributed by atoms with van der Waals surface area (Å²) in [5, 5.41) is 2.94. The summed E-state index contributed by atoms with van der Waals surface area (Å²) in [7, 11) is 0. The van der Waals surface area contributed by atoms with Crippen LogP contribution in [0.5, 0.6) is 5.75 Å². The summed E-state index contributed by atoms with van der Waals surface area (Å²) in [6.07, 6.45) is 3.18. The molecule has 2 aromatic rings. The quantitative estimate of drug-likeness (QED) is 0.759. The highest BCUT2D eigenvalue weighted by atomic mass is 32.2. The molecule has 23 heavy (non-hydrogen) atoms. The summed E-state index contributed by atoms with van der Waals surface area (Å²) in [4.78, 5) is 13.4. The molecule has 2 aromatic carbocycles. The van der Waals surface area contributed by atoms with Gasteiger partial charge in [-0.3, -0.25) is 4.79 Å². The van der Waals surface area contributed by atoms with Gasteiger partial charge in [-0.1, -0.05) is 19.1 Å². The third-order valence-electron chi connectivity index (χ3n) is 3.64. The van der Waals surface area contributed by atoms with E-state index in [4.69, 9.17) is 4.74 Å². The lowest BCUT2D eigenvalue weighted by molar-refractivity contribution is 0.0951. The van der Waals surface area contributed by atoms with Crippen molar-refractivity contribution in [3.05, 3.63) is 59.7 Å². The molecule has 0 fully saturated rings. The van der Waals surface area contributed by atoms with Crippen LogP contribution < -0.4 is 10.1 Å². The lowest BCUT2D eigenvalue weighted by Gasteiger charge is -2.12. The molecule has 2 rings (SSSR count). The largest absolute Gasteiger partial charge is 0.491 e. The molecule has 0 aliphatic carbocycles. The molecule has 0 bridgehead atoms. The van der Waals surface area contributed by atoms with Gasteiger partial charge in [-0.2, -0.15) is 0 Å². The van der Waals surface area contributed by atoms with Gasteiger partial charge in [-0.05, 0) is 61.6 Å². The fourth-order valence-electron chi connectivity index (χ4n) is 2.03. The maximum absolute atomic E-state index is 12.2. The van der Waals surface area contributed by atoms with Gasteiger partial charge in [-0.15, -0.1) is 11.8 Å². The number of hydrogen-bond acceptors (Lipinski definition) is 3. The number of carbonyl (C=O) groups excluding carboxylic acids is 1. The lowest BCUT2D eigenvalue weighted by Crippen LogP contribution is -2.22. The predicted molar refractivity (Wildman–Crippen MR) is 96.2 cm³/mol. The van der Waals surface area contributed by atoms with Crippen molar-refractivity contribution in [2.24, 2.45) is 0 Å². The number of nitrogens with one attached hydrogen (secondary N) is 1. The topological polar surface area (TPSA) is 38.3 Å². The summed E-state index contributed by atoms with van der Waals surface area (Å²) >= 11 is 1.71. The maximum Gasteiger partial charge on any atom is 0.251 e. The molecule has 3 nitrogen and oxygen atoms in total. The van der Waals surface area contributed by atoms with Crippen molar-refractivity contribution in [2.45, 2.75) is 37.8 Å². The Bertz CT molecular complexity index is 623. The Hall–Kier alpha value is -1.94. The Kier molecular flexibility index (Phi) is 6.53. The van der Waals surface area contributed by atoms with Crippen LogP contribution in [0.15, 0.2) is 53.4 Å². The van der Waals surface area contributed by atoms with Crippen LogP contribution in [0.1, 0.15) is 36.2 Å². The molecular formula is C19H23NO2S. The lowest BCUT2D eigenvalue weighted by atomic mass is 10.2. The molecule has 4 heteroatoms. The highest BCUT2D eigenvalue weighted by molar-refractivity contribution is 7.98. The Morgan fingerprint density at radius 3 is 2.35 bits per heavy atom. The molecule has 0 spiro atoms. The molecule has 0 heterocycles. The predicted octanol–water partition coefficient (Wildman–Crippen LogP) is 4.52. The van der Waals surface area contributed by atoms with Gasteiger partial charge in [0.15, 0.2) is 0 Å². The standard InChI is InChI=1S/C19H23NO2S/c1-4-14(2)22-17-9-7-16(8-10-17)19(21)20-13-15-5-11-18(23-3)12-6-15/h5-12,14H,4,13H2,1-3H3,(H,20,21). The number of benzene rings is 2. The first-order chi connectivity index (χ1) is 11.1. The second-order valence-electron chi connectivity index (χ2n) is 5.39. The minimum atomic E-state index is -0.0750.